The van der Waals surface area contributed by atoms with Crippen molar-refractivity contribution in [1.29, 1.82) is 0 Å². The van der Waals surface area contributed by atoms with Crippen molar-refractivity contribution in [3.8, 4) is 0 Å². The third-order valence-electron chi connectivity index (χ3n) is 3.31. The van der Waals surface area contributed by atoms with E-state index < -0.39 is 29.3 Å². The molecule has 10 heteroatoms. The first-order chi connectivity index (χ1) is 12.9. The van der Waals surface area contributed by atoms with Gasteiger partial charge in [-0.3, -0.25) is 35.3 Å². The lowest BCUT2D eigenvalue weighted by atomic mass is 10.1. The predicted molar refractivity (Wildman–Crippen MR) is 97.5 cm³/mol. The van der Waals surface area contributed by atoms with Crippen molar-refractivity contribution in [1.82, 2.24) is 10.9 Å². The summed E-state index contributed by atoms with van der Waals surface area (Å²) < 4.78 is 5.56. The van der Waals surface area contributed by atoms with Crippen LogP contribution in [0.3, 0.4) is 0 Å². The number of rotatable bonds is 6. The fourth-order valence-electron chi connectivity index (χ4n) is 2.03. The molecule has 0 aliphatic carbocycles. The highest BCUT2D eigenvalue weighted by Crippen LogP contribution is 2.18. The van der Waals surface area contributed by atoms with Crippen molar-refractivity contribution in [3.63, 3.8) is 0 Å². The number of nitro groups is 1. The quantitative estimate of drug-likeness (QED) is 0.405. The van der Waals surface area contributed by atoms with Gasteiger partial charge in [-0.15, -0.1) is 0 Å². The summed E-state index contributed by atoms with van der Waals surface area (Å²) in [5.41, 5.74) is 4.59. The molecule has 0 aliphatic heterocycles. The van der Waals surface area contributed by atoms with Crippen molar-refractivity contribution < 1.29 is 24.0 Å². The third-order valence-corrected chi connectivity index (χ3v) is 3.84. The van der Waals surface area contributed by atoms with Gasteiger partial charge in [0.25, 0.3) is 17.5 Å². The Bertz CT molecular complexity index is 869. The van der Waals surface area contributed by atoms with Gasteiger partial charge in [0.2, 0.25) is 0 Å². The van der Waals surface area contributed by atoms with E-state index in [2.05, 4.69) is 26.8 Å². The van der Waals surface area contributed by atoms with Crippen LogP contribution in [0.15, 0.2) is 53.0 Å². The molecule has 2 rings (SSSR count). The third kappa shape index (κ3) is 6.19. The smallest absolute Gasteiger partial charge is 0.311 e. The van der Waals surface area contributed by atoms with Crippen LogP contribution in [0.25, 0.3) is 0 Å². The average Bonchev–Trinajstić information content (AvgIpc) is 2.65. The van der Waals surface area contributed by atoms with E-state index in [0.717, 1.165) is 4.47 Å². The fraction of sp³-hybridized carbons (Fsp3) is 0.118. The molecule has 0 bridgehead atoms. The Labute approximate surface area is 162 Å². The number of carbonyl (C=O) groups excluding carboxylic acids is 3. The van der Waals surface area contributed by atoms with E-state index in [0.29, 0.717) is 5.56 Å². The molecular formula is C17H14BrN3O6. The molecule has 0 radical (unpaired) electrons. The first-order valence-electron chi connectivity index (χ1n) is 7.59. The lowest BCUT2D eigenvalue weighted by Crippen LogP contribution is -2.43. The molecule has 0 aromatic heterocycles. The minimum Gasteiger partial charge on any atom is -0.455 e. The van der Waals surface area contributed by atoms with Crippen LogP contribution in [0.4, 0.5) is 5.69 Å². The van der Waals surface area contributed by atoms with Crippen molar-refractivity contribution >= 4 is 39.4 Å². The van der Waals surface area contributed by atoms with E-state index in [-0.39, 0.29) is 17.7 Å². The normalized spacial score (nSPS) is 9.96. The summed E-state index contributed by atoms with van der Waals surface area (Å²) in [5.74, 6) is -2.10. The second kappa shape index (κ2) is 9.43. The second-order valence-electron chi connectivity index (χ2n) is 5.23. The second-order valence-corrected chi connectivity index (χ2v) is 6.15. The van der Waals surface area contributed by atoms with Gasteiger partial charge in [-0.25, -0.2) is 0 Å². The Morgan fingerprint density at radius 1 is 1.04 bits per heavy atom. The summed E-state index contributed by atoms with van der Waals surface area (Å²) in [5, 5.41) is 10.9. The molecule has 9 nitrogen and oxygen atoms in total. The molecule has 0 atom stereocenters. The van der Waals surface area contributed by atoms with Crippen LogP contribution in [0.5, 0.6) is 0 Å². The lowest BCUT2D eigenvalue weighted by Gasteiger charge is -2.08. The van der Waals surface area contributed by atoms with Gasteiger partial charge in [-0.05, 0) is 24.3 Å². The van der Waals surface area contributed by atoms with Gasteiger partial charge >= 0.3 is 5.97 Å². The van der Waals surface area contributed by atoms with Crippen LogP contribution in [-0.4, -0.2) is 29.3 Å². The van der Waals surface area contributed by atoms with Gasteiger partial charge in [-0.1, -0.05) is 34.1 Å². The van der Waals surface area contributed by atoms with Crippen molar-refractivity contribution in [2.75, 3.05) is 6.61 Å². The number of para-hydroxylation sites is 1. The average molecular weight is 436 g/mol. The number of benzene rings is 2. The number of esters is 1. The van der Waals surface area contributed by atoms with Crippen LogP contribution in [0.1, 0.15) is 15.9 Å². The van der Waals surface area contributed by atoms with E-state index in [1.54, 1.807) is 30.3 Å². The largest absolute Gasteiger partial charge is 0.455 e. The molecule has 0 saturated heterocycles. The minimum absolute atomic E-state index is 0.177. The molecule has 2 aromatic rings. The zero-order valence-corrected chi connectivity index (χ0v) is 15.4. The van der Waals surface area contributed by atoms with Crippen LogP contribution >= 0.6 is 15.9 Å². The predicted octanol–water partition coefficient (Wildman–Crippen LogP) is 1.90. The van der Waals surface area contributed by atoms with E-state index >= 15 is 0 Å². The van der Waals surface area contributed by atoms with Crippen molar-refractivity contribution in [3.05, 3.63) is 74.2 Å². The minimum atomic E-state index is -0.807. The molecule has 2 amide bonds. The summed E-state index contributed by atoms with van der Waals surface area (Å²) in [4.78, 5) is 45.5. The fourth-order valence-corrected chi connectivity index (χ4v) is 2.29. The maximum atomic E-state index is 11.8. The van der Waals surface area contributed by atoms with E-state index in [9.17, 15) is 24.5 Å². The van der Waals surface area contributed by atoms with E-state index in [1.807, 2.05) is 0 Å². The van der Waals surface area contributed by atoms with Crippen LogP contribution in [-0.2, 0) is 20.7 Å². The number of nitrogens with one attached hydrogen (secondary N) is 2. The number of nitrogens with zero attached hydrogens (tertiary/aromatic N) is 1. The van der Waals surface area contributed by atoms with Crippen LogP contribution in [0.2, 0.25) is 0 Å². The SMILES string of the molecule is O=C(COC(=O)Cc1ccccc1[N+](=O)[O-])NNC(=O)c1ccc(Br)cc1. The number of amides is 2. The highest BCUT2D eigenvalue weighted by atomic mass is 79.9. The summed E-state index contributed by atoms with van der Waals surface area (Å²) >= 11 is 3.24. The van der Waals surface area contributed by atoms with Gasteiger partial charge < -0.3 is 4.74 Å². The number of hydrogen-bond acceptors (Lipinski definition) is 6. The number of nitro benzene ring substituents is 1. The molecule has 2 N–H and O–H groups in total. The van der Waals surface area contributed by atoms with Crippen LogP contribution in [0, 0.1) is 10.1 Å². The first-order valence-corrected chi connectivity index (χ1v) is 8.39. The Kier molecular flexibility index (Phi) is 7.00. The number of halogens is 1. The topological polar surface area (TPSA) is 128 Å². The number of ether oxygens (including phenoxy) is 1. The number of carbonyl (C=O) groups is 3. The Morgan fingerprint density at radius 2 is 1.70 bits per heavy atom. The number of hydrazine groups is 1. The summed E-state index contributed by atoms with van der Waals surface area (Å²) in [7, 11) is 0. The molecule has 0 heterocycles. The summed E-state index contributed by atoms with van der Waals surface area (Å²) in [6.45, 7) is -0.639. The van der Waals surface area contributed by atoms with Gasteiger partial charge in [0, 0.05) is 21.7 Å². The van der Waals surface area contributed by atoms with Crippen molar-refractivity contribution in [2.45, 2.75) is 6.42 Å². The zero-order chi connectivity index (χ0) is 19.8. The maximum Gasteiger partial charge on any atom is 0.311 e. The monoisotopic (exact) mass is 435 g/mol. The lowest BCUT2D eigenvalue weighted by molar-refractivity contribution is -0.385. The van der Waals surface area contributed by atoms with Gasteiger partial charge in [0.1, 0.15) is 0 Å². The standard InChI is InChI=1S/C17H14BrN3O6/c18-13-7-5-11(6-8-13)17(24)20-19-15(22)10-27-16(23)9-12-3-1-2-4-14(12)21(25)26/h1-8H,9-10H2,(H,19,22)(H,20,24). The molecule has 27 heavy (non-hydrogen) atoms. The molecule has 0 aliphatic rings. The van der Waals surface area contributed by atoms with Gasteiger partial charge in [-0.2, -0.15) is 0 Å². The molecule has 0 saturated carbocycles. The summed E-state index contributed by atoms with van der Waals surface area (Å²) in [6.07, 6.45) is -0.352. The Hall–Kier alpha value is -3.27. The number of hydrogen-bond donors (Lipinski definition) is 2. The Morgan fingerprint density at radius 3 is 2.37 bits per heavy atom. The highest BCUT2D eigenvalue weighted by Gasteiger charge is 2.17. The zero-order valence-electron chi connectivity index (χ0n) is 13.8. The maximum absolute atomic E-state index is 11.8. The first kappa shape index (κ1) is 20.0. The molecule has 2 aromatic carbocycles. The van der Waals surface area contributed by atoms with Crippen LogP contribution < -0.4 is 10.9 Å². The van der Waals surface area contributed by atoms with E-state index in [4.69, 9.17) is 4.74 Å². The van der Waals surface area contributed by atoms with Gasteiger partial charge in [0.05, 0.1) is 11.3 Å². The molecule has 140 valence electrons. The highest BCUT2D eigenvalue weighted by molar-refractivity contribution is 9.10. The molecule has 0 spiro atoms. The van der Waals surface area contributed by atoms with E-state index in [1.165, 1.54) is 18.2 Å². The molecule has 0 unspecified atom stereocenters. The summed E-state index contributed by atoms with van der Waals surface area (Å²) in [6, 6.07) is 12.2. The Balaban J connectivity index is 1.78. The van der Waals surface area contributed by atoms with Gasteiger partial charge in [0.15, 0.2) is 6.61 Å². The molecule has 0 fully saturated rings. The van der Waals surface area contributed by atoms with Crippen molar-refractivity contribution in [2.24, 2.45) is 0 Å². The molecular weight excluding hydrogens is 422 g/mol.